The summed E-state index contributed by atoms with van der Waals surface area (Å²) >= 11 is 0. The fourth-order valence-corrected chi connectivity index (χ4v) is 2.06. The Balaban J connectivity index is 2.88. The van der Waals surface area contributed by atoms with Gasteiger partial charge < -0.3 is 10.6 Å². The number of hydrogen-bond donors (Lipinski definition) is 1. The molecule has 1 aromatic heterocycles. The minimum absolute atomic E-state index is 0.0723. The summed E-state index contributed by atoms with van der Waals surface area (Å²) in [6.07, 6.45) is 0.787. The number of nitrogens with zero attached hydrogens (tertiary/aromatic N) is 4. The van der Waals surface area contributed by atoms with Crippen molar-refractivity contribution in [3.8, 4) is 0 Å². The van der Waals surface area contributed by atoms with Gasteiger partial charge in [0.25, 0.3) is 0 Å². The molecule has 108 valence electrons. The van der Waals surface area contributed by atoms with Crippen LogP contribution in [0, 0.1) is 23.0 Å². The van der Waals surface area contributed by atoms with E-state index in [1.54, 1.807) is 18.7 Å². The lowest BCUT2D eigenvalue weighted by Gasteiger charge is -2.22. The van der Waals surface area contributed by atoms with Gasteiger partial charge in [0.15, 0.2) is 0 Å². The van der Waals surface area contributed by atoms with E-state index >= 15 is 0 Å². The van der Waals surface area contributed by atoms with E-state index in [9.17, 15) is 10.1 Å². The maximum Gasteiger partial charge on any atom is 0.333 e. The lowest BCUT2D eigenvalue weighted by molar-refractivity contribution is -0.384. The van der Waals surface area contributed by atoms with Gasteiger partial charge in [-0.15, -0.1) is 0 Å². The van der Waals surface area contributed by atoms with Gasteiger partial charge in [0.1, 0.15) is 5.69 Å². The standard InChI is InChI=1S/C12H23N5O2/c1-8(2)10(13)6-7-15(4)12-11(17(18)19)9(3)14-16(12)5/h8,10H,6-7,13H2,1-5H3. The van der Waals surface area contributed by atoms with Gasteiger partial charge in [-0.05, 0) is 19.3 Å². The number of hydrogen-bond acceptors (Lipinski definition) is 5. The predicted molar refractivity (Wildman–Crippen MR) is 75.3 cm³/mol. The Morgan fingerprint density at radius 1 is 1.53 bits per heavy atom. The Kier molecular flexibility index (Phi) is 4.88. The van der Waals surface area contributed by atoms with Crippen molar-refractivity contribution in [1.82, 2.24) is 9.78 Å². The first-order chi connectivity index (χ1) is 8.75. The van der Waals surface area contributed by atoms with Crippen LogP contribution >= 0.6 is 0 Å². The van der Waals surface area contributed by atoms with Gasteiger partial charge in [0, 0.05) is 26.7 Å². The molecule has 0 aliphatic rings. The van der Waals surface area contributed by atoms with Crippen LogP contribution in [0.25, 0.3) is 0 Å². The zero-order valence-electron chi connectivity index (χ0n) is 12.3. The maximum absolute atomic E-state index is 11.1. The van der Waals surface area contributed by atoms with E-state index in [1.807, 2.05) is 11.9 Å². The second-order valence-corrected chi connectivity index (χ2v) is 5.26. The Labute approximate surface area is 113 Å². The van der Waals surface area contributed by atoms with E-state index < -0.39 is 0 Å². The average molecular weight is 269 g/mol. The van der Waals surface area contributed by atoms with Crippen LogP contribution in [0.3, 0.4) is 0 Å². The van der Waals surface area contributed by atoms with E-state index in [-0.39, 0.29) is 16.7 Å². The van der Waals surface area contributed by atoms with Gasteiger partial charge in [-0.2, -0.15) is 5.10 Å². The minimum Gasteiger partial charge on any atom is -0.354 e. The third kappa shape index (κ3) is 3.44. The SMILES string of the molecule is Cc1nn(C)c(N(C)CCC(N)C(C)C)c1[N+](=O)[O-]. The zero-order valence-corrected chi connectivity index (χ0v) is 12.3. The number of nitro groups is 1. The highest BCUT2D eigenvalue weighted by atomic mass is 16.6. The van der Waals surface area contributed by atoms with Crippen LogP contribution < -0.4 is 10.6 Å². The molecule has 0 fully saturated rings. The van der Waals surface area contributed by atoms with E-state index in [2.05, 4.69) is 18.9 Å². The summed E-state index contributed by atoms with van der Waals surface area (Å²) in [6, 6.07) is 0.0934. The summed E-state index contributed by atoms with van der Waals surface area (Å²) in [5.41, 5.74) is 6.51. The van der Waals surface area contributed by atoms with Gasteiger partial charge >= 0.3 is 5.69 Å². The quantitative estimate of drug-likeness (QED) is 0.623. The van der Waals surface area contributed by atoms with Crippen LogP contribution in [-0.4, -0.2) is 34.3 Å². The highest BCUT2D eigenvalue weighted by Gasteiger charge is 2.26. The summed E-state index contributed by atoms with van der Waals surface area (Å²) < 4.78 is 1.55. The van der Waals surface area contributed by atoms with Crippen molar-refractivity contribution in [3.05, 3.63) is 15.8 Å². The van der Waals surface area contributed by atoms with Crippen molar-refractivity contribution in [3.63, 3.8) is 0 Å². The molecule has 2 N–H and O–H groups in total. The molecular weight excluding hydrogens is 246 g/mol. The third-order valence-corrected chi connectivity index (χ3v) is 3.36. The number of aryl methyl sites for hydroxylation is 2. The lowest BCUT2D eigenvalue weighted by atomic mass is 10.0. The van der Waals surface area contributed by atoms with E-state index in [0.717, 1.165) is 6.42 Å². The van der Waals surface area contributed by atoms with Crippen LogP contribution in [0.4, 0.5) is 11.5 Å². The molecule has 0 saturated heterocycles. The van der Waals surface area contributed by atoms with Gasteiger partial charge in [-0.25, -0.2) is 4.68 Å². The lowest BCUT2D eigenvalue weighted by Crippen LogP contribution is -2.32. The molecule has 0 bridgehead atoms. The van der Waals surface area contributed by atoms with Gasteiger partial charge in [-0.1, -0.05) is 13.8 Å². The molecule has 0 aromatic carbocycles. The molecule has 1 aromatic rings. The van der Waals surface area contributed by atoms with Crippen molar-refractivity contribution < 1.29 is 4.92 Å². The maximum atomic E-state index is 11.1. The molecule has 0 spiro atoms. The van der Waals surface area contributed by atoms with Crippen LogP contribution in [0.15, 0.2) is 0 Å². The molecule has 1 atom stereocenters. The first kappa shape index (κ1) is 15.4. The van der Waals surface area contributed by atoms with Crippen LogP contribution in [-0.2, 0) is 7.05 Å². The Hall–Kier alpha value is -1.63. The Morgan fingerprint density at radius 2 is 2.11 bits per heavy atom. The summed E-state index contributed by atoms with van der Waals surface area (Å²) in [6.45, 7) is 6.46. The predicted octanol–water partition coefficient (Wildman–Crippen LogP) is 1.45. The van der Waals surface area contributed by atoms with E-state index in [1.165, 1.54) is 0 Å². The van der Waals surface area contributed by atoms with Crippen molar-refractivity contribution in [2.24, 2.45) is 18.7 Å². The molecule has 0 aliphatic carbocycles. The molecule has 0 amide bonds. The Morgan fingerprint density at radius 3 is 2.58 bits per heavy atom. The summed E-state index contributed by atoms with van der Waals surface area (Å²) in [4.78, 5) is 12.6. The highest BCUT2D eigenvalue weighted by Crippen LogP contribution is 2.30. The molecule has 1 rings (SSSR count). The third-order valence-electron chi connectivity index (χ3n) is 3.36. The Bertz CT molecular complexity index is 455. The topological polar surface area (TPSA) is 90.2 Å². The van der Waals surface area contributed by atoms with Gasteiger partial charge in [-0.3, -0.25) is 10.1 Å². The van der Waals surface area contributed by atoms with Crippen molar-refractivity contribution >= 4 is 11.5 Å². The molecule has 1 heterocycles. The van der Waals surface area contributed by atoms with E-state index in [4.69, 9.17) is 5.73 Å². The van der Waals surface area contributed by atoms with Crippen molar-refractivity contribution in [1.29, 1.82) is 0 Å². The monoisotopic (exact) mass is 269 g/mol. The second-order valence-electron chi connectivity index (χ2n) is 5.26. The van der Waals surface area contributed by atoms with Crippen LogP contribution in [0.2, 0.25) is 0 Å². The van der Waals surface area contributed by atoms with Crippen LogP contribution in [0.1, 0.15) is 26.0 Å². The summed E-state index contributed by atoms with van der Waals surface area (Å²) in [5, 5.41) is 15.2. The molecule has 7 nitrogen and oxygen atoms in total. The van der Waals surface area contributed by atoms with Gasteiger partial charge in [0.05, 0.1) is 4.92 Å². The second kappa shape index (κ2) is 6.01. The van der Waals surface area contributed by atoms with Crippen molar-refractivity contribution in [2.75, 3.05) is 18.5 Å². The van der Waals surface area contributed by atoms with Gasteiger partial charge in [0.2, 0.25) is 5.82 Å². The molecule has 19 heavy (non-hydrogen) atoms. The van der Waals surface area contributed by atoms with Crippen molar-refractivity contribution in [2.45, 2.75) is 33.2 Å². The van der Waals surface area contributed by atoms with Crippen LogP contribution in [0.5, 0.6) is 0 Å². The minimum atomic E-state index is -0.378. The number of anilines is 1. The average Bonchev–Trinajstić information content (AvgIpc) is 2.60. The molecule has 1 unspecified atom stereocenters. The molecule has 7 heteroatoms. The number of aromatic nitrogens is 2. The highest BCUT2D eigenvalue weighted by molar-refractivity contribution is 5.60. The zero-order chi connectivity index (χ0) is 14.7. The number of nitrogens with two attached hydrogens (primary N) is 1. The summed E-state index contributed by atoms with van der Waals surface area (Å²) in [7, 11) is 3.55. The largest absolute Gasteiger partial charge is 0.354 e. The molecule has 0 aliphatic heterocycles. The fourth-order valence-electron chi connectivity index (χ4n) is 2.06. The smallest absolute Gasteiger partial charge is 0.333 e. The first-order valence-electron chi connectivity index (χ1n) is 6.40. The molecule has 0 radical (unpaired) electrons. The number of rotatable bonds is 6. The first-order valence-corrected chi connectivity index (χ1v) is 6.40. The summed E-state index contributed by atoms with van der Waals surface area (Å²) in [5.74, 6) is 0.926. The molecule has 0 saturated carbocycles. The normalized spacial score (nSPS) is 12.8. The molecular formula is C12H23N5O2. The van der Waals surface area contributed by atoms with E-state index in [0.29, 0.717) is 24.0 Å². The fraction of sp³-hybridized carbons (Fsp3) is 0.750.